The monoisotopic (exact) mass is 283 g/mol. The van der Waals surface area contributed by atoms with Crippen LogP contribution in [-0.2, 0) is 6.42 Å². The van der Waals surface area contributed by atoms with Gasteiger partial charge in [0, 0.05) is 31.2 Å². The maximum Gasteiger partial charge on any atom is 0.149 e. The lowest BCUT2D eigenvalue weighted by Crippen LogP contribution is -2.41. The van der Waals surface area contributed by atoms with E-state index in [2.05, 4.69) is 38.1 Å². The average Bonchev–Trinajstić information content (AvgIpc) is 2.53. The van der Waals surface area contributed by atoms with E-state index >= 15 is 0 Å². The predicted octanol–water partition coefficient (Wildman–Crippen LogP) is 1.82. The lowest BCUT2D eigenvalue weighted by molar-refractivity contribution is 0.609. The van der Waals surface area contributed by atoms with Crippen molar-refractivity contribution in [2.24, 2.45) is 0 Å². The van der Waals surface area contributed by atoms with Crippen molar-refractivity contribution in [2.45, 2.75) is 19.4 Å². The van der Waals surface area contributed by atoms with Crippen LogP contribution >= 0.6 is 0 Å². The third-order valence-corrected chi connectivity index (χ3v) is 3.64. The van der Waals surface area contributed by atoms with Gasteiger partial charge in [-0.1, -0.05) is 6.07 Å². The van der Waals surface area contributed by atoms with Gasteiger partial charge in [-0.2, -0.15) is 0 Å². The summed E-state index contributed by atoms with van der Waals surface area (Å²) in [5, 5.41) is 10.3. The van der Waals surface area contributed by atoms with Gasteiger partial charge in [-0.3, -0.25) is 4.98 Å². The van der Waals surface area contributed by atoms with Gasteiger partial charge in [0.05, 0.1) is 11.7 Å². The number of rotatable bonds is 5. The molecule has 21 heavy (non-hydrogen) atoms. The summed E-state index contributed by atoms with van der Waals surface area (Å²) in [5.74, 6) is 0.943. The number of nitrogens with zero attached hydrogens (tertiary/aromatic N) is 2. The van der Waals surface area contributed by atoms with E-state index in [9.17, 15) is 0 Å². The predicted molar refractivity (Wildman–Crippen MR) is 85.7 cm³/mol. The normalized spacial score (nSPS) is 16.7. The van der Waals surface area contributed by atoms with E-state index in [1.165, 1.54) is 5.56 Å². The van der Waals surface area contributed by atoms with Crippen LogP contribution in [0.4, 0.5) is 11.5 Å². The number of nitrogens with one attached hydrogen (secondary N) is 3. The molecule has 3 heterocycles. The lowest BCUT2D eigenvalue weighted by Gasteiger charge is -2.27. The molecule has 3 rings (SSSR count). The van der Waals surface area contributed by atoms with Gasteiger partial charge in [-0.15, -0.1) is 0 Å². The van der Waals surface area contributed by atoms with Gasteiger partial charge in [0.2, 0.25) is 0 Å². The van der Waals surface area contributed by atoms with Gasteiger partial charge in [-0.25, -0.2) is 4.98 Å². The fourth-order valence-electron chi connectivity index (χ4n) is 2.42. The van der Waals surface area contributed by atoms with Gasteiger partial charge >= 0.3 is 0 Å². The van der Waals surface area contributed by atoms with Crippen molar-refractivity contribution in [1.82, 2.24) is 15.3 Å². The minimum atomic E-state index is 0.364. The third-order valence-electron chi connectivity index (χ3n) is 3.64. The van der Waals surface area contributed by atoms with Gasteiger partial charge in [-0.05, 0) is 43.7 Å². The van der Waals surface area contributed by atoms with Gasteiger partial charge in [0.25, 0.3) is 0 Å². The van der Waals surface area contributed by atoms with Gasteiger partial charge in [0.15, 0.2) is 0 Å². The average molecular weight is 283 g/mol. The molecule has 3 N–H and O–H groups in total. The highest BCUT2D eigenvalue weighted by Crippen LogP contribution is 2.21. The fraction of sp³-hybridized carbons (Fsp3) is 0.375. The van der Waals surface area contributed by atoms with Crippen LogP contribution in [0.3, 0.4) is 0 Å². The first-order chi connectivity index (χ1) is 10.3. The Morgan fingerprint density at radius 3 is 3.10 bits per heavy atom. The molecule has 0 saturated heterocycles. The van der Waals surface area contributed by atoms with Crippen LogP contribution in [0.1, 0.15) is 11.3 Å². The van der Waals surface area contributed by atoms with Crippen LogP contribution < -0.4 is 16.0 Å². The molecule has 0 amide bonds. The molecule has 1 aliphatic rings. The maximum atomic E-state index is 4.34. The van der Waals surface area contributed by atoms with E-state index in [0.29, 0.717) is 6.04 Å². The molecular formula is C16H21N5. The number of pyridine rings is 2. The van der Waals surface area contributed by atoms with Crippen molar-refractivity contribution in [1.29, 1.82) is 0 Å². The summed E-state index contributed by atoms with van der Waals surface area (Å²) in [7, 11) is 0. The number of hydrogen-bond acceptors (Lipinski definition) is 5. The number of aryl methyl sites for hydroxylation is 1. The second kappa shape index (κ2) is 6.54. The molecule has 0 bridgehead atoms. The SMILES string of the molecule is Cc1ccc(CCNC[C@H]2CNc3cccnc3N2)cn1. The van der Waals surface area contributed by atoms with Crippen LogP contribution in [0.15, 0.2) is 36.7 Å². The lowest BCUT2D eigenvalue weighted by atomic mass is 10.2. The van der Waals surface area contributed by atoms with E-state index < -0.39 is 0 Å². The number of anilines is 2. The Kier molecular flexibility index (Phi) is 4.31. The van der Waals surface area contributed by atoms with Crippen LogP contribution in [-0.4, -0.2) is 35.6 Å². The summed E-state index contributed by atoms with van der Waals surface area (Å²) in [6.07, 6.45) is 4.77. The fourth-order valence-corrected chi connectivity index (χ4v) is 2.42. The molecule has 0 aliphatic carbocycles. The number of fused-ring (bicyclic) bond motifs is 1. The molecule has 2 aromatic heterocycles. The van der Waals surface area contributed by atoms with Crippen LogP contribution in [0, 0.1) is 6.92 Å². The zero-order valence-corrected chi connectivity index (χ0v) is 12.3. The molecule has 5 nitrogen and oxygen atoms in total. The Morgan fingerprint density at radius 2 is 2.24 bits per heavy atom. The minimum Gasteiger partial charge on any atom is -0.380 e. The molecule has 0 fully saturated rings. The van der Waals surface area contributed by atoms with Crippen LogP contribution in [0.5, 0.6) is 0 Å². The molecular weight excluding hydrogens is 262 g/mol. The molecule has 0 unspecified atom stereocenters. The first-order valence-corrected chi connectivity index (χ1v) is 7.39. The summed E-state index contributed by atoms with van der Waals surface area (Å²) >= 11 is 0. The quantitative estimate of drug-likeness (QED) is 0.731. The number of aromatic nitrogens is 2. The van der Waals surface area contributed by atoms with Crippen LogP contribution in [0.25, 0.3) is 0 Å². The van der Waals surface area contributed by atoms with Crippen molar-refractivity contribution < 1.29 is 0 Å². The molecule has 5 heteroatoms. The molecule has 2 aromatic rings. The molecule has 0 radical (unpaired) electrons. The molecule has 0 spiro atoms. The highest BCUT2D eigenvalue weighted by atomic mass is 15.1. The van der Waals surface area contributed by atoms with E-state index in [0.717, 1.165) is 43.3 Å². The van der Waals surface area contributed by atoms with Crippen molar-refractivity contribution in [2.75, 3.05) is 30.3 Å². The van der Waals surface area contributed by atoms with Crippen LogP contribution in [0.2, 0.25) is 0 Å². The van der Waals surface area contributed by atoms with Crippen molar-refractivity contribution in [3.05, 3.63) is 47.9 Å². The third kappa shape index (κ3) is 3.70. The molecule has 0 saturated carbocycles. The summed E-state index contributed by atoms with van der Waals surface area (Å²) in [6, 6.07) is 8.56. The van der Waals surface area contributed by atoms with Gasteiger partial charge in [0.1, 0.15) is 5.82 Å². The molecule has 1 aliphatic heterocycles. The largest absolute Gasteiger partial charge is 0.380 e. The molecule has 110 valence electrons. The standard InChI is InChI=1S/C16H21N5/c1-12-4-5-13(9-19-12)6-8-17-10-14-11-20-15-3-2-7-18-16(15)21-14/h2-5,7,9,14,17,20H,6,8,10-11H2,1H3,(H,18,21)/t14-/m0/s1. The van der Waals surface area contributed by atoms with Crippen molar-refractivity contribution in [3.8, 4) is 0 Å². The Bertz CT molecular complexity index is 581. The van der Waals surface area contributed by atoms with E-state index in [-0.39, 0.29) is 0 Å². The minimum absolute atomic E-state index is 0.364. The summed E-state index contributed by atoms with van der Waals surface area (Å²) < 4.78 is 0. The Labute approximate surface area is 125 Å². The summed E-state index contributed by atoms with van der Waals surface area (Å²) in [5.41, 5.74) is 3.42. The number of hydrogen-bond donors (Lipinski definition) is 3. The highest BCUT2D eigenvalue weighted by Gasteiger charge is 2.16. The van der Waals surface area contributed by atoms with E-state index in [1.807, 2.05) is 31.5 Å². The first-order valence-electron chi connectivity index (χ1n) is 7.39. The van der Waals surface area contributed by atoms with Gasteiger partial charge < -0.3 is 16.0 Å². The zero-order chi connectivity index (χ0) is 14.5. The van der Waals surface area contributed by atoms with Crippen molar-refractivity contribution in [3.63, 3.8) is 0 Å². The molecule has 0 aromatic carbocycles. The highest BCUT2D eigenvalue weighted by molar-refractivity contribution is 5.66. The van der Waals surface area contributed by atoms with E-state index in [1.54, 1.807) is 0 Å². The zero-order valence-electron chi connectivity index (χ0n) is 12.3. The Balaban J connectivity index is 1.41. The topological polar surface area (TPSA) is 61.9 Å². The maximum absolute atomic E-state index is 4.34. The Morgan fingerprint density at radius 1 is 1.29 bits per heavy atom. The second-order valence-corrected chi connectivity index (χ2v) is 5.38. The molecule has 1 atom stereocenters. The summed E-state index contributed by atoms with van der Waals surface area (Å²) in [4.78, 5) is 8.66. The van der Waals surface area contributed by atoms with E-state index in [4.69, 9.17) is 0 Å². The Hall–Kier alpha value is -2.14. The smallest absolute Gasteiger partial charge is 0.149 e. The summed E-state index contributed by atoms with van der Waals surface area (Å²) in [6.45, 7) is 4.80. The first kappa shape index (κ1) is 13.8. The van der Waals surface area contributed by atoms with Crippen molar-refractivity contribution >= 4 is 11.5 Å². The second-order valence-electron chi connectivity index (χ2n) is 5.38.